The van der Waals surface area contributed by atoms with Gasteiger partial charge in [0.25, 0.3) is 5.69 Å². The third-order valence-corrected chi connectivity index (χ3v) is 4.09. The van der Waals surface area contributed by atoms with Gasteiger partial charge in [-0.1, -0.05) is 22.9 Å². The molecule has 0 aromatic heterocycles. The first-order valence-electron chi connectivity index (χ1n) is 6.53. The zero-order valence-corrected chi connectivity index (χ0v) is 12.5. The van der Waals surface area contributed by atoms with E-state index in [0.29, 0.717) is 11.6 Å². The monoisotopic (exact) mass is 324 g/mol. The summed E-state index contributed by atoms with van der Waals surface area (Å²) in [6.07, 6.45) is 6.22. The minimum atomic E-state index is -0.364. The molecule has 1 saturated carbocycles. The summed E-state index contributed by atoms with van der Waals surface area (Å²) in [5.74, 6) is 0.784. The molecule has 2 rings (SSSR count). The lowest BCUT2D eigenvalue weighted by atomic mass is 9.88. The molecule has 0 radical (unpaired) electrons. The predicted molar refractivity (Wildman–Crippen MR) is 79.8 cm³/mol. The van der Waals surface area contributed by atoms with E-state index in [1.165, 1.54) is 18.9 Å². The van der Waals surface area contributed by atoms with Crippen molar-refractivity contribution in [3.8, 4) is 0 Å². The fourth-order valence-corrected chi connectivity index (χ4v) is 2.75. The van der Waals surface area contributed by atoms with E-state index in [-0.39, 0.29) is 10.6 Å². The lowest BCUT2D eigenvalue weighted by Crippen LogP contribution is -2.15. The number of halogens is 1. The van der Waals surface area contributed by atoms with E-state index in [1.807, 2.05) is 0 Å². The third-order valence-electron chi connectivity index (χ3n) is 3.60. The van der Waals surface area contributed by atoms with Gasteiger partial charge >= 0.3 is 0 Å². The molecule has 0 atom stereocenters. The van der Waals surface area contributed by atoms with Crippen LogP contribution in [0.4, 0.5) is 5.69 Å². The molecule has 102 valence electrons. The highest BCUT2D eigenvalue weighted by atomic mass is 79.9. The van der Waals surface area contributed by atoms with Crippen LogP contribution in [0.1, 0.15) is 38.2 Å². The van der Waals surface area contributed by atoms with Gasteiger partial charge in [-0.2, -0.15) is 0 Å². The van der Waals surface area contributed by atoms with Crippen LogP contribution in [0, 0.1) is 16.0 Å². The van der Waals surface area contributed by atoms with Gasteiger partial charge in [0.2, 0.25) is 0 Å². The van der Waals surface area contributed by atoms with Crippen molar-refractivity contribution in [3.05, 3.63) is 38.3 Å². The fraction of sp³-hybridized carbons (Fsp3) is 0.500. The maximum Gasteiger partial charge on any atom is 0.278 e. The summed E-state index contributed by atoms with van der Waals surface area (Å²) < 4.78 is 0.830. The molecule has 1 aromatic rings. The van der Waals surface area contributed by atoms with E-state index in [2.05, 4.69) is 27.8 Å². The number of aliphatic imine (C=N–C) groups is 1. The number of hydrogen-bond donors (Lipinski definition) is 0. The Balaban J connectivity index is 2.13. The molecule has 5 heteroatoms. The third kappa shape index (κ3) is 3.86. The first-order chi connectivity index (χ1) is 9.06. The van der Waals surface area contributed by atoms with Crippen LogP contribution in [0.25, 0.3) is 0 Å². The minimum absolute atomic E-state index is 0.108. The molecule has 4 nitrogen and oxygen atoms in total. The molecule has 0 spiro atoms. The van der Waals surface area contributed by atoms with Crippen molar-refractivity contribution in [2.24, 2.45) is 10.9 Å². The molecule has 0 aliphatic heterocycles. The molecule has 0 saturated heterocycles. The van der Waals surface area contributed by atoms with Gasteiger partial charge in [-0.25, -0.2) is 0 Å². The summed E-state index contributed by atoms with van der Waals surface area (Å²) in [6.45, 7) is 2.26. The number of rotatable bonds is 3. The molecule has 0 unspecified atom stereocenters. The Hall–Kier alpha value is -1.23. The lowest BCUT2D eigenvalue weighted by molar-refractivity contribution is -0.385. The average Bonchev–Trinajstić information content (AvgIpc) is 2.38. The SMILES string of the molecule is CC1CCC(N=Cc2cc(Br)ccc2[N+](=O)[O-])CC1. The van der Waals surface area contributed by atoms with Gasteiger partial charge in [-0.3, -0.25) is 15.1 Å². The smallest absolute Gasteiger partial charge is 0.278 e. The second-order valence-electron chi connectivity index (χ2n) is 5.15. The van der Waals surface area contributed by atoms with Crippen LogP contribution in [0.3, 0.4) is 0 Å². The summed E-state index contributed by atoms with van der Waals surface area (Å²) in [7, 11) is 0. The molecule has 0 bridgehead atoms. The standard InChI is InChI=1S/C14H17BrN2O2/c1-10-2-5-13(6-3-10)16-9-11-8-12(15)4-7-14(11)17(18)19/h4,7-10,13H,2-3,5-6H2,1H3. The summed E-state index contributed by atoms with van der Waals surface area (Å²) in [5, 5.41) is 11.0. The van der Waals surface area contributed by atoms with Crippen LogP contribution < -0.4 is 0 Å². The first kappa shape index (κ1) is 14.2. The highest BCUT2D eigenvalue weighted by molar-refractivity contribution is 9.10. The van der Waals surface area contributed by atoms with Crippen molar-refractivity contribution in [2.45, 2.75) is 38.6 Å². The number of nitro groups is 1. The number of hydrogen-bond acceptors (Lipinski definition) is 3. The Morgan fingerprint density at radius 2 is 2.05 bits per heavy atom. The summed E-state index contributed by atoms with van der Waals surface area (Å²) in [5.41, 5.74) is 0.675. The van der Waals surface area contributed by atoms with Crippen molar-refractivity contribution in [2.75, 3.05) is 0 Å². The van der Waals surface area contributed by atoms with Crippen LogP contribution in [0.2, 0.25) is 0 Å². The normalized spacial score (nSPS) is 23.7. The molecular formula is C14H17BrN2O2. The van der Waals surface area contributed by atoms with Gasteiger partial charge < -0.3 is 0 Å². The van der Waals surface area contributed by atoms with Gasteiger partial charge in [0.05, 0.1) is 10.5 Å². The highest BCUT2D eigenvalue weighted by Gasteiger charge is 2.17. The van der Waals surface area contributed by atoms with Gasteiger partial charge in [0.15, 0.2) is 0 Å². The van der Waals surface area contributed by atoms with E-state index < -0.39 is 0 Å². The molecule has 19 heavy (non-hydrogen) atoms. The second kappa shape index (κ2) is 6.28. The molecule has 1 aliphatic carbocycles. The average molecular weight is 325 g/mol. The van der Waals surface area contributed by atoms with Crippen LogP contribution in [-0.4, -0.2) is 17.2 Å². The lowest BCUT2D eigenvalue weighted by Gasteiger charge is -2.22. The molecule has 0 N–H and O–H groups in total. The Kier molecular flexibility index (Phi) is 4.69. The quantitative estimate of drug-likeness (QED) is 0.471. The summed E-state index contributed by atoms with van der Waals surface area (Å²) in [4.78, 5) is 15.1. The zero-order chi connectivity index (χ0) is 13.8. The largest absolute Gasteiger partial charge is 0.289 e. The Bertz CT molecular complexity index is 494. The first-order valence-corrected chi connectivity index (χ1v) is 7.32. The van der Waals surface area contributed by atoms with Gasteiger partial charge in [-0.05, 0) is 43.7 Å². The van der Waals surface area contributed by atoms with Crippen LogP contribution >= 0.6 is 15.9 Å². The molecule has 0 heterocycles. The molecule has 1 aromatic carbocycles. The molecule has 1 fully saturated rings. The van der Waals surface area contributed by atoms with Crippen molar-refractivity contribution in [1.29, 1.82) is 0 Å². The molecule has 0 amide bonds. The molecule has 1 aliphatic rings. The van der Waals surface area contributed by atoms with Gasteiger partial charge in [-0.15, -0.1) is 0 Å². The topological polar surface area (TPSA) is 55.5 Å². The van der Waals surface area contributed by atoms with Gasteiger partial charge in [0, 0.05) is 22.8 Å². The second-order valence-corrected chi connectivity index (χ2v) is 6.07. The Morgan fingerprint density at radius 3 is 2.68 bits per heavy atom. The molecular weight excluding hydrogens is 308 g/mol. The maximum atomic E-state index is 11.0. The van der Waals surface area contributed by atoms with Gasteiger partial charge in [0.1, 0.15) is 0 Å². The zero-order valence-electron chi connectivity index (χ0n) is 10.9. The fourth-order valence-electron chi connectivity index (χ4n) is 2.37. The van der Waals surface area contributed by atoms with E-state index in [9.17, 15) is 10.1 Å². The van der Waals surface area contributed by atoms with E-state index in [0.717, 1.165) is 23.2 Å². The van der Waals surface area contributed by atoms with Crippen molar-refractivity contribution >= 4 is 27.8 Å². The van der Waals surface area contributed by atoms with Crippen molar-refractivity contribution in [1.82, 2.24) is 0 Å². The minimum Gasteiger partial charge on any atom is -0.289 e. The van der Waals surface area contributed by atoms with E-state index in [1.54, 1.807) is 18.3 Å². The predicted octanol–water partition coefficient (Wildman–Crippen LogP) is 4.35. The number of nitro benzene ring substituents is 1. The van der Waals surface area contributed by atoms with Crippen LogP contribution in [0.5, 0.6) is 0 Å². The summed E-state index contributed by atoms with van der Waals surface area (Å²) >= 11 is 3.34. The Labute approximate surface area is 121 Å². The maximum absolute atomic E-state index is 11.0. The summed E-state index contributed by atoms with van der Waals surface area (Å²) in [6, 6.07) is 5.24. The van der Waals surface area contributed by atoms with Crippen molar-refractivity contribution < 1.29 is 4.92 Å². The highest BCUT2D eigenvalue weighted by Crippen LogP contribution is 2.26. The Morgan fingerprint density at radius 1 is 1.37 bits per heavy atom. The van der Waals surface area contributed by atoms with E-state index >= 15 is 0 Å². The van der Waals surface area contributed by atoms with Crippen LogP contribution in [-0.2, 0) is 0 Å². The van der Waals surface area contributed by atoms with Crippen molar-refractivity contribution in [3.63, 3.8) is 0 Å². The number of benzene rings is 1. The van der Waals surface area contributed by atoms with Crippen LogP contribution in [0.15, 0.2) is 27.7 Å². The van der Waals surface area contributed by atoms with E-state index in [4.69, 9.17) is 0 Å². The number of nitrogens with zero attached hydrogens (tertiary/aromatic N) is 2.